The summed E-state index contributed by atoms with van der Waals surface area (Å²) in [5.74, 6) is 0.123. The van der Waals surface area contributed by atoms with E-state index in [2.05, 4.69) is 0 Å². The van der Waals surface area contributed by atoms with E-state index in [-0.39, 0.29) is 6.79 Å². The minimum Gasteiger partial charge on any atom is -0.480 e. The second kappa shape index (κ2) is 3.43. The Morgan fingerprint density at radius 2 is 2.07 bits per heavy atom. The van der Waals surface area contributed by atoms with Gasteiger partial charge < -0.3 is 20.3 Å². The standard InChI is InChI=1S/C10H11NO4/c1-5-2-7-8(15-4-14-7)3-6(5)9(11)10(12)13/h2-3,9H,4,11H2,1H3,(H,12,13)/t9-/m0/s1. The van der Waals surface area contributed by atoms with Gasteiger partial charge >= 0.3 is 5.97 Å². The Morgan fingerprint density at radius 1 is 1.47 bits per heavy atom. The van der Waals surface area contributed by atoms with Gasteiger partial charge in [-0.1, -0.05) is 0 Å². The van der Waals surface area contributed by atoms with Gasteiger partial charge in [0.15, 0.2) is 11.5 Å². The van der Waals surface area contributed by atoms with E-state index in [1.165, 1.54) is 0 Å². The molecule has 0 bridgehead atoms. The Morgan fingerprint density at radius 3 is 2.67 bits per heavy atom. The van der Waals surface area contributed by atoms with Gasteiger partial charge in [-0.25, -0.2) is 0 Å². The number of carboxylic acid groups (broad SMARTS) is 1. The zero-order chi connectivity index (χ0) is 11.0. The number of benzene rings is 1. The number of aliphatic carboxylic acids is 1. The normalized spacial score (nSPS) is 15.1. The van der Waals surface area contributed by atoms with Crippen molar-refractivity contribution < 1.29 is 19.4 Å². The molecule has 5 nitrogen and oxygen atoms in total. The van der Waals surface area contributed by atoms with Crippen LogP contribution in [0.15, 0.2) is 12.1 Å². The summed E-state index contributed by atoms with van der Waals surface area (Å²) in [7, 11) is 0. The van der Waals surface area contributed by atoms with Crippen molar-refractivity contribution >= 4 is 5.97 Å². The molecule has 1 aliphatic heterocycles. The Hall–Kier alpha value is -1.75. The number of hydrogen-bond donors (Lipinski definition) is 2. The number of hydrogen-bond acceptors (Lipinski definition) is 4. The van der Waals surface area contributed by atoms with Gasteiger partial charge in [-0.15, -0.1) is 0 Å². The van der Waals surface area contributed by atoms with E-state index in [1.54, 1.807) is 19.1 Å². The molecule has 1 aromatic rings. The Labute approximate surface area is 86.4 Å². The summed E-state index contributed by atoms with van der Waals surface area (Å²) in [5.41, 5.74) is 6.87. The molecule has 0 aromatic heterocycles. The van der Waals surface area contributed by atoms with Gasteiger partial charge in [0.2, 0.25) is 6.79 Å². The van der Waals surface area contributed by atoms with Crippen LogP contribution < -0.4 is 15.2 Å². The number of ether oxygens (including phenoxy) is 2. The first-order chi connectivity index (χ1) is 7.09. The van der Waals surface area contributed by atoms with Crippen molar-refractivity contribution in [2.24, 2.45) is 5.73 Å². The first kappa shape index (κ1) is 9.79. The molecule has 0 amide bonds. The van der Waals surface area contributed by atoms with E-state index in [9.17, 15) is 4.79 Å². The highest BCUT2D eigenvalue weighted by Crippen LogP contribution is 2.36. The van der Waals surface area contributed by atoms with Crippen molar-refractivity contribution in [2.75, 3.05) is 6.79 Å². The molecular weight excluding hydrogens is 198 g/mol. The monoisotopic (exact) mass is 209 g/mol. The minimum atomic E-state index is -1.06. The average molecular weight is 209 g/mol. The van der Waals surface area contributed by atoms with Crippen LogP contribution in [0.4, 0.5) is 0 Å². The largest absolute Gasteiger partial charge is 0.480 e. The van der Waals surface area contributed by atoms with Crippen LogP contribution >= 0.6 is 0 Å². The highest BCUT2D eigenvalue weighted by atomic mass is 16.7. The number of carboxylic acids is 1. The summed E-state index contributed by atoms with van der Waals surface area (Å²) in [4.78, 5) is 10.8. The zero-order valence-electron chi connectivity index (χ0n) is 8.19. The maximum atomic E-state index is 10.8. The fourth-order valence-electron chi connectivity index (χ4n) is 1.53. The fraction of sp³-hybridized carbons (Fsp3) is 0.300. The molecule has 1 atom stereocenters. The molecule has 2 rings (SSSR count). The first-order valence-corrected chi connectivity index (χ1v) is 4.48. The zero-order valence-corrected chi connectivity index (χ0v) is 8.19. The smallest absolute Gasteiger partial charge is 0.325 e. The van der Waals surface area contributed by atoms with Crippen LogP contribution in [-0.4, -0.2) is 17.9 Å². The Kier molecular flexibility index (Phi) is 2.24. The van der Waals surface area contributed by atoms with Crippen LogP contribution in [0, 0.1) is 6.92 Å². The van der Waals surface area contributed by atoms with E-state index in [1.807, 2.05) is 0 Å². The molecule has 80 valence electrons. The first-order valence-electron chi connectivity index (χ1n) is 4.48. The molecule has 5 heteroatoms. The Bertz CT molecular complexity index is 416. The lowest BCUT2D eigenvalue weighted by Crippen LogP contribution is -2.21. The topological polar surface area (TPSA) is 81.8 Å². The lowest BCUT2D eigenvalue weighted by atomic mass is 10.0. The van der Waals surface area contributed by atoms with Gasteiger partial charge in [0.1, 0.15) is 6.04 Å². The number of fused-ring (bicyclic) bond motifs is 1. The molecule has 0 aliphatic carbocycles. The second-order valence-electron chi connectivity index (χ2n) is 3.38. The molecule has 0 saturated heterocycles. The highest BCUT2D eigenvalue weighted by molar-refractivity contribution is 5.76. The molecule has 0 saturated carbocycles. The Balaban J connectivity index is 2.44. The number of rotatable bonds is 2. The van der Waals surface area contributed by atoms with Crippen LogP contribution in [-0.2, 0) is 4.79 Å². The lowest BCUT2D eigenvalue weighted by Gasteiger charge is -2.11. The fourth-order valence-corrected chi connectivity index (χ4v) is 1.53. The van der Waals surface area contributed by atoms with Crippen LogP contribution in [0.2, 0.25) is 0 Å². The summed E-state index contributed by atoms with van der Waals surface area (Å²) < 4.78 is 10.3. The molecule has 0 fully saturated rings. The maximum absolute atomic E-state index is 10.8. The maximum Gasteiger partial charge on any atom is 0.325 e. The summed E-state index contributed by atoms with van der Waals surface area (Å²) >= 11 is 0. The van der Waals surface area contributed by atoms with Crippen molar-refractivity contribution in [1.29, 1.82) is 0 Å². The third-order valence-corrected chi connectivity index (χ3v) is 2.36. The van der Waals surface area contributed by atoms with Crippen molar-refractivity contribution in [3.63, 3.8) is 0 Å². The molecule has 0 unspecified atom stereocenters. The SMILES string of the molecule is Cc1cc2c(cc1[C@H](N)C(=O)O)OCO2. The van der Waals surface area contributed by atoms with E-state index in [0.717, 1.165) is 5.56 Å². The quantitative estimate of drug-likeness (QED) is 0.753. The third-order valence-electron chi connectivity index (χ3n) is 2.36. The van der Waals surface area contributed by atoms with E-state index < -0.39 is 12.0 Å². The number of carbonyl (C=O) groups is 1. The lowest BCUT2D eigenvalue weighted by molar-refractivity contribution is -0.138. The minimum absolute atomic E-state index is 0.167. The number of aryl methyl sites for hydroxylation is 1. The van der Waals surface area contributed by atoms with E-state index >= 15 is 0 Å². The van der Waals surface area contributed by atoms with Gasteiger partial charge in [0, 0.05) is 0 Å². The predicted molar refractivity (Wildman–Crippen MR) is 51.9 cm³/mol. The molecule has 0 radical (unpaired) electrons. The van der Waals surface area contributed by atoms with Gasteiger partial charge in [0.05, 0.1) is 0 Å². The molecule has 15 heavy (non-hydrogen) atoms. The molecule has 1 aliphatic rings. The third kappa shape index (κ3) is 1.61. The van der Waals surface area contributed by atoms with Crippen LogP contribution in [0.1, 0.15) is 17.2 Å². The molecule has 1 heterocycles. The van der Waals surface area contributed by atoms with E-state index in [4.69, 9.17) is 20.3 Å². The number of nitrogens with two attached hydrogens (primary N) is 1. The molecular formula is C10H11NO4. The van der Waals surface area contributed by atoms with Gasteiger partial charge in [0.25, 0.3) is 0 Å². The average Bonchev–Trinajstić information content (AvgIpc) is 2.62. The van der Waals surface area contributed by atoms with Crippen molar-refractivity contribution in [1.82, 2.24) is 0 Å². The van der Waals surface area contributed by atoms with Crippen LogP contribution in [0.5, 0.6) is 11.5 Å². The molecule has 1 aromatic carbocycles. The summed E-state index contributed by atoms with van der Waals surface area (Å²) in [6.07, 6.45) is 0. The molecule has 3 N–H and O–H groups in total. The van der Waals surface area contributed by atoms with Gasteiger partial charge in [-0.2, -0.15) is 0 Å². The van der Waals surface area contributed by atoms with Gasteiger partial charge in [-0.3, -0.25) is 4.79 Å². The van der Waals surface area contributed by atoms with E-state index in [0.29, 0.717) is 17.1 Å². The summed E-state index contributed by atoms with van der Waals surface area (Å²) in [6, 6.07) is 2.33. The second-order valence-corrected chi connectivity index (χ2v) is 3.38. The van der Waals surface area contributed by atoms with Crippen LogP contribution in [0.3, 0.4) is 0 Å². The summed E-state index contributed by atoms with van der Waals surface area (Å²) in [6.45, 7) is 1.96. The van der Waals surface area contributed by atoms with Gasteiger partial charge in [-0.05, 0) is 30.2 Å². The predicted octanol–water partition coefficient (Wildman–Crippen LogP) is 0.808. The summed E-state index contributed by atoms with van der Waals surface area (Å²) in [5, 5.41) is 8.81. The molecule has 0 spiro atoms. The van der Waals surface area contributed by atoms with Crippen molar-refractivity contribution in [2.45, 2.75) is 13.0 Å². The van der Waals surface area contributed by atoms with Crippen molar-refractivity contribution in [3.05, 3.63) is 23.3 Å². The van der Waals surface area contributed by atoms with Crippen molar-refractivity contribution in [3.8, 4) is 11.5 Å². The highest BCUT2D eigenvalue weighted by Gasteiger charge is 2.22. The van der Waals surface area contributed by atoms with Crippen LogP contribution in [0.25, 0.3) is 0 Å².